The van der Waals surface area contributed by atoms with Crippen molar-refractivity contribution in [1.82, 2.24) is 0 Å². The molecule has 0 aliphatic rings. The predicted molar refractivity (Wildman–Crippen MR) is 61.1 cm³/mol. The molecule has 0 spiro atoms. The quantitative estimate of drug-likeness (QED) is 0.688. The molecule has 1 aromatic heterocycles. The Morgan fingerprint density at radius 1 is 1.14 bits per heavy atom. The van der Waals surface area contributed by atoms with Crippen LogP contribution in [0.4, 0.5) is 0 Å². The average molecular weight is 206 g/mol. The van der Waals surface area contributed by atoms with Crippen molar-refractivity contribution >= 4 is 34.0 Å². The zero-order valence-electron chi connectivity index (χ0n) is 8.11. The molecule has 72 valence electrons. The summed E-state index contributed by atoms with van der Waals surface area (Å²) in [6.07, 6.45) is 0. The van der Waals surface area contributed by atoms with E-state index < -0.39 is 7.12 Å². The van der Waals surface area contributed by atoms with E-state index in [1.54, 1.807) is 11.3 Å². The zero-order valence-corrected chi connectivity index (χ0v) is 8.93. The molecule has 0 saturated heterocycles. The van der Waals surface area contributed by atoms with E-state index in [9.17, 15) is 0 Å². The van der Waals surface area contributed by atoms with Gasteiger partial charge in [0.2, 0.25) is 0 Å². The van der Waals surface area contributed by atoms with Crippen LogP contribution in [0.3, 0.4) is 0 Å². The molecule has 0 aliphatic carbocycles. The summed E-state index contributed by atoms with van der Waals surface area (Å²) < 4.78 is 1.12. The van der Waals surface area contributed by atoms with Gasteiger partial charge in [-0.2, -0.15) is 0 Å². The molecule has 2 N–H and O–H groups in total. The maximum Gasteiger partial charge on any atom is 0.488 e. The molecule has 4 heteroatoms. The van der Waals surface area contributed by atoms with Crippen molar-refractivity contribution in [2.75, 3.05) is 0 Å². The molecule has 0 fully saturated rings. The monoisotopic (exact) mass is 206 g/mol. The second-order valence-electron chi connectivity index (χ2n) is 3.50. The Labute approximate surface area is 87.0 Å². The van der Waals surface area contributed by atoms with Gasteiger partial charge in [0.15, 0.2) is 0 Å². The van der Waals surface area contributed by atoms with E-state index in [2.05, 4.69) is 12.3 Å². The summed E-state index contributed by atoms with van der Waals surface area (Å²) in [7, 11) is -1.37. The van der Waals surface area contributed by atoms with Crippen molar-refractivity contribution < 1.29 is 10.0 Å². The van der Waals surface area contributed by atoms with Crippen LogP contribution < -0.4 is 5.46 Å². The van der Waals surface area contributed by atoms with Crippen LogP contribution >= 0.6 is 11.3 Å². The molecule has 2 rings (SSSR count). The highest BCUT2D eigenvalue weighted by molar-refractivity contribution is 7.17. The van der Waals surface area contributed by atoms with Crippen LogP contribution in [0.1, 0.15) is 11.1 Å². The maximum atomic E-state index is 9.07. The highest BCUT2D eigenvalue weighted by Gasteiger charge is 2.14. The largest absolute Gasteiger partial charge is 0.488 e. The minimum absolute atomic E-state index is 0.567. The summed E-state index contributed by atoms with van der Waals surface area (Å²) in [6.45, 7) is 4.06. The standard InChI is InChI=1S/C10H11BO2S/c1-6-3-8(11(12)13)4-9-10(6)7(2)5-14-9/h3-5,12-13H,1-2H3. The molecule has 0 radical (unpaired) electrons. The van der Waals surface area contributed by atoms with Crippen molar-refractivity contribution in [2.24, 2.45) is 0 Å². The number of rotatable bonds is 1. The minimum Gasteiger partial charge on any atom is -0.423 e. The highest BCUT2D eigenvalue weighted by Crippen LogP contribution is 2.27. The lowest BCUT2D eigenvalue weighted by Crippen LogP contribution is -2.29. The summed E-state index contributed by atoms with van der Waals surface area (Å²) in [6, 6.07) is 3.66. The van der Waals surface area contributed by atoms with Crippen LogP contribution in [0.5, 0.6) is 0 Å². The Morgan fingerprint density at radius 3 is 2.50 bits per heavy atom. The molecule has 1 aromatic carbocycles. The summed E-state index contributed by atoms with van der Waals surface area (Å²) in [5, 5.41) is 21.5. The van der Waals surface area contributed by atoms with Crippen molar-refractivity contribution in [3.8, 4) is 0 Å². The maximum absolute atomic E-state index is 9.07. The summed E-state index contributed by atoms with van der Waals surface area (Å²) in [4.78, 5) is 0. The Bertz CT molecular complexity index is 476. The van der Waals surface area contributed by atoms with E-state index in [4.69, 9.17) is 10.0 Å². The van der Waals surface area contributed by atoms with Crippen LogP contribution in [0.15, 0.2) is 17.5 Å². The topological polar surface area (TPSA) is 40.5 Å². The van der Waals surface area contributed by atoms with Gasteiger partial charge in [0.25, 0.3) is 0 Å². The SMILES string of the molecule is Cc1csc2cc(B(O)O)cc(C)c12. The van der Waals surface area contributed by atoms with Gasteiger partial charge in [-0.3, -0.25) is 0 Å². The number of fused-ring (bicyclic) bond motifs is 1. The molecule has 0 aliphatic heterocycles. The lowest BCUT2D eigenvalue weighted by Gasteiger charge is -2.03. The molecule has 14 heavy (non-hydrogen) atoms. The third-order valence-electron chi connectivity index (χ3n) is 2.38. The van der Waals surface area contributed by atoms with E-state index in [1.807, 2.05) is 19.1 Å². The van der Waals surface area contributed by atoms with Crippen LogP contribution in [0.2, 0.25) is 0 Å². The highest BCUT2D eigenvalue weighted by atomic mass is 32.1. The first-order valence-corrected chi connectivity index (χ1v) is 5.32. The van der Waals surface area contributed by atoms with Crippen molar-refractivity contribution in [3.63, 3.8) is 0 Å². The van der Waals surface area contributed by atoms with Crippen LogP contribution in [0, 0.1) is 13.8 Å². The van der Waals surface area contributed by atoms with Crippen LogP contribution in [0.25, 0.3) is 10.1 Å². The molecule has 2 aromatic rings. The fourth-order valence-corrected chi connectivity index (χ4v) is 2.81. The number of aryl methyl sites for hydroxylation is 2. The Kier molecular flexibility index (Phi) is 2.35. The van der Waals surface area contributed by atoms with Gasteiger partial charge < -0.3 is 10.0 Å². The second kappa shape index (κ2) is 3.39. The van der Waals surface area contributed by atoms with Gasteiger partial charge in [0, 0.05) is 4.70 Å². The Balaban J connectivity index is 2.74. The number of hydrogen-bond donors (Lipinski definition) is 2. The molecular weight excluding hydrogens is 195 g/mol. The predicted octanol–water partition coefficient (Wildman–Crippen LogP) is 1.20. The van der Waals surface area contributed by atoms with E-state index in [-0.39, 0.29) is 0 Å². The Morgan fingerprint density at radius 2 is 1.86 bits per heavy atom. The second-order valence-corrected chi connectivity index (χ2v) is 4.41. The summed E-state index contributed by atoms with van der Waals surface area (Å²) >= 11 is 1.64. The van der Waals surface area contributed by atoms with Crippen LogP contribution in [-0.2, 0) is 0 Å². The number of thiophene rings is 1. The van der Waals surface area contributed by atoms with Gasteiger partial charge in [-0.25, -0.2) is 0 Å². The van der Waals surface area contributed by atoms with Gasteiger partial charge in [0.05, 0.1) is 0 Å². The van der Waals surface area contributed by atoms with Crippen molar-refractivity contribution in [1.29, 1.82) is 0 Å². The van der Waals surface area contributed by atoms with Crippen LogP contribution in [-0.4, -0.2) is 17.2 Å². The third kappa shape index (κ3) is 1.45. The smallest absolute Gasteiger partial charge is 0.423 e. The average Bonchev–Trinajstić information content (AvgIpc) is 2.48. The van der Waals surface area contributed by atoms with E-state index in [1.165, 1.54) is 10.9 Å². The molecule has 0 saturated carbocycles. The normalized spacial score (nSPS) is 10.9. The molecule has 1 heterocycles. The first-order valence-electron chi connectivity index (χ1n) is 4.44. The molecule has 0 unspecified atom stereocenters. The van der Waals surface area contributed by atoms with Gasteiger partial charge in [-0.15, -0.1) is 11.3 Å². The van der Waals surface area contributed by atoms with Crippen molar-refractivity contribution in [3.05, 3.63) is 28.6 Å². The molecule has 0 atom stereocenters. The first-order chi connectivity index (χ1) is 6.59. The molecule has 0 bridgehead atoms. The summed E-state index contributed by atoms with van der Waals surface area (Å²) in [5.41, 5.74) is 2.92. The number of benzene rings is 1. The summed E-state index contributed by atoms with van der Waals surface area (Å²) in [5.74, 6) is 0. The van der Waals surface area contributed by atoms with Gasteiger partial charge in [0.1, 0.15) is 0 Å². The van der Waals surface area contributed by atoms with E-state index in [0.717, 1.165) is 10.3 Å². The fourth-order valence-electron chi connectivity index (χ4n) is 1.74. The fraction of sp³-hybridized carbons (Fsp3) is 0.200. The zero-order chi connectivity index (χ0) is 10.3. The van der Waals surface area contributed by atoms with E-state index >= 15 is 0 Å². The minimum atomic E-state index is -1.37. The lowest BCUT2D eigenvalue weighted by atomic mass is 9.79. The Hall–Kier alpha value is -0.835. The van der Waals surface area contributed by atoms with Crippen molar-refractivity contribution in [2.45, 2.75) is 13.8 Å². The van der Waals surface area contributed by atoms with Gasteiger partial charge in [-0.1, -0.05) is 6.07 Å². The third-order valence-corrected chi connectivity index (χ3v) is 3.42. The molecule has 0 amide bonds. The first kappa shape index (κ1) is 9.71. The number of hydrogen-bond acceptors (Lipinski definition) is 3. The lowest BCUT2D eigenvalue weighted by molar-refractivity contribution is 0.426. The van der Waals surface area contributed by atoms with Gasteiger partial charge >= 0.3 is 7.12 Å². The molecular formula is C10H11BO2S. The van der Waals surface area contributed by atoms with E-state index in [0.29, 0.717) is 5.46 Å². The molecule has 2 nitrogen and oxygen atoms in total. The van der Waals surface area contributed by atoms with Gasteiger partial charge in [-0.05, 0) is 47.3 Å².